The first-order chi connectivity index (χ1) is 16.5. The highest BCUT2D eigenvalue weighted by Crippen LogP contribution is 2.35. The first-order valence-corrected chi connectivity index (χ1v) is 12.1. The molecular formula is C27H29N3O3S. The molecule has 0 bridgehead atoms. The van der Waals surface area contributed by atoms with Crippen LogP contribution in [-0.2, 0) is 6.61 Å². The molecular weight excluding hydrogens is 446 g/mol. The molecule has 0 fully saturated rings. The summed E-state index contributed by atoms with van der Waals surface area (Å²) in [6, 6.07) is 17.8. The number of pyridine rings is 1. The van der Waals surface area contributed by atoms with Crippen LogP contribution in [0.2, 0.25) is 0 Å². The van der Waals surface area contributed by atoms with Crippen LogP contribution in [0.15, 0.2) is 66.2 Å². The van der Waals surface area contributed by atoms with Crippen LogP contribution in [0, 0.1) is 0 Å². The fraction of sp³-hybridized carbons (Fsp3) is 0.259. The van der Waals surface area contributed by atoms with Crippen molar-refractivity contribution >= 4 is 28.1 Å². The molecule has 176 valence electrons. The monoisotopic (exact) mass is 475 g/mol. The lowest BCUT2D eigenvalue weighted by Crippen LogP contribution is -2.26. The number of ether oxygens (including phenoxy) is 2. The van der Waals surface area contributed by atoms with Crippen molar-refractivity contribution in [1.82, 2.24) is 15.2 Å². The molecule has 34 heavy (non-hydrogen) atoms. The summed E-state index contributed by atoms with van der Waals surface area (Å²) >= 11 is 1.55. The highest BCUT2D eigenvalue weighted by atomic mass is 32.1. The second-order valence-electron chi connectivity index (χ2n) is 8.30. The van der Waals surface area contributed by atoms with Gasteiger partial charge in [0.05, 0.1) is 12.7 Å². The molecule has 4 aromatic rings. The number of methoxy groups -OCH3 is 1. The Morgan fingerprint density at radius 2 is 1.94 bits per heavy atom. The van der Waals surface area contributed by atoms with Crippen molar-refractivity contribution in [2.24, 2.45) is 0 Å². The van der Waals surface area contributed by atoms with E-state index in [4.69, 9.17) is 9.47 Å². The minimum Gasteiger partial charge on any atom is -0.497 e. The van der Waals surface area contributed by atoms with Gasteiger partial charge in [0.2, 0.25) is 0 Å². The highest BCUT2D eigenvalue weighted by molar-refractivity contribution is 7.13. The van der Waals surface area contributed by atoms with Crippen LogP contribution in [0.3, 0.4) is 0 Å². The van der Waals surface area contributed by atoms with E-state index in [9.17, 15) is 4.79 Å². The molecule has 0 unspecified atom stereocenters. The van der Waals surface area contributed by atoms with Gasteiger partial charge in [-0.1, -0.05) is 18.2 Å². The topological polar surface area (TPSA) is 63.7 Å². The fourth-order valence-corrected chi connectivity index (χ4v) is 4.48. The summed E-state index contributed by atoms with van der Waals surface area (Å²) in [4.78, 5) is 20.2. The quantitative estimate of drug-likeness (QED) is 0.318. The molecule has 2 aromatic heterocycles. The summed E-state index contributed by atoms with van der Waals surface area (Å²) in [6.07, 6.45) is 2.69. The Morgan fingerprint density at radius 1 is 1.12 bits per heavy atom. The summed E-state index contributed by atoms with van der Waals surface area (Å²) in [5.41, 5.74) is 3.54. The fourth-order valence-electron chi connectivity index (χ4n) is 3.60. The maximum absolute atomic E-state index is 12.6. The Morgan fingerprint density at radius 3 is 2.71 bits per heavy atom. The maximum Gasteiger partial charge on any atom is 0.252 e. The smallest absolute Gasteiger partial charge is 0.252 e. The molecule has 0 spiro atoms. The number of benzene rings is 2. The van der Waals surface area contributed by atoms with E-state index in [1.165, 1.54) is 0 Å². The van der Waals surface area contributed by atoms with Crippen LogP contribution in [0.5, 0.6) is 11.5 Å². The normalized spacial score (nSPS) is 11.1. The number of carbonyl (C=O) groups is 1. The van der Waals surface area contributed by atoms with E-state index in [1.54, 1.807) is 24.6 Å². The van der Waals surface area contributed by atoms with Crippen molar-refractivity contribution in [2.75, 3.05) is 34.3 Å². The number of nitrogens with zero attached hydrogens (tertiary/aromatic N) is 2. The number of nitrogens with one attached hydrogen (secondary N) is 1. The number of amides is 1. The summed E-state index contributed by atoms with van der Waals surface area (Å²) < 4.78 is 11.4. The second-order valence-corrected chi connectivity index (χ2v) is 9.21. The number of hydrogen-bond donors (Lipinski definition) is 1. The predicted octanol–water partition coefficient (Wildman–Crippen LogP) is 5.23. The maximum atomic E-state index is 12.6. The van der Waals surface area contributed by atoms with Crippen LogP contribution in [0.25, 0.3) is 21.3 Å². The molecule has 7 heteroatoms. The number of rotatable bonds is 10. The van der Waals surface area contributed by atoms with Gasteiger partial charge in [-0.25, -0.2) is 0 Å². The SMILES string of the molecule is COc1ccc(COc2cc(-c3cc(C(=O)NCCCN(C)C)cs3)cc3cccnc23)cc1. The Labute approximate surface area is 204 Å². The molecule has 2 aromatic carbocycles. The Hall–Kier alpha value is -3.42. The molecule has 0 atom stereocenters. The van der Waals surface area contributed by atoms with Gasteiger partial charge >= 0.3 is 0 Å². The zero-order valence-corrected chi connectivity index (χ0v) is 20.5. The Bertz CT molecular complexity index is 1250. The number of aromatic nitrogens is 1. The summed E-state index contributed by atoms with van der Waals surface area (Å²) in [5, 5.41) is 5.90. The lowest BCUT2D eigenvalue weighted by Gasteiger charge is -2.11. The lowest BCUT2D eigenvalue weighted by molar-refractivity contribution is 0.0953. The highest BCUT2D eigenvalue weighted by Gasteiger charge is 2.13. The lowest BCUT2D eigenvalue weighted by atomic mass is 10.1. The van der Waals surface area contributed by atoms with Crippen molar-refractivity contribution in [2.45, 2.75) is 13.0 Å². The van der Waals surface area contributed by atoms with Gasteiger partial charge in [-0.05, 0) is 74.6 Å². The molecule has 0 radical (unpaired) electrons. The average Bonchev–Trinajstić information content (AvgIpc) is 3.36. The number of thiophene rings is 1. The number of carbonyl (C=O) groups excluding carboxylic acids is 1. The number of fused-ring (bicyclic) bond motifs is 1. The van der Waals surface area contributed by atoms with E-state index in [-0.39, 0.29) is 5.91 Å². The largest absolute Gasteiger partial charge is 0.497 e. The van der Waals surface area contributed by atoms with Crippen molar-refractivity contribution < 1.29 is 14.3 Å². The van der Waals surface area contributed by atoms with Gasteiger partial charge in [0.15, 0.2) is 0 Å². The summed E-state index contributed by atoms with van der Waals surface area (Å²) in [6.45, 7) is 2.02. The molecule has 1 N–H and O–H groups in total. The first kappa shape index (κ1) is 23.7. The van der Waals surface area contributed by atoms with Crippen LogP contribution in [0.4, 0.5) is 0 Å². The van der Waals surface area contributed by atoms with Gasteiger partial charge in [-0.3, -0.25) is 9.78 Å². The van der Waals surface area contributed by atoms with Crippen LogP contribution >= 0.6 is 11.3 Å². The van der Waals surface area contributed by atoms with Gasteiger partial charge in [0, 0.05) is 28.4 Å². The Balaban J connectivity index is 1.52. The standard InChI is InChI=1S/C27H29N3O3S/c1-30(2)13-5-12-29-27(31)22-16-25(34-18-22)21-14-20-6-4-11-28-26(20)24(15-21)33-17-19-7-9-23(32-3)10-8-19/h4,6-11,14-16,18H,5,12-13,17H2,1-3H3,(H,29,31). The molecule has 0 saturated carbocycles. The predicted molar refractivity (Wildman–Crippen MR) is 138 cm³/mol. The molecule has 6 nitrogen and oxygen atoms in total. The van der Waals surface area contributed by atoms with Crippen molar-refractivity contribution in [3.63, 3.8) is 0 Å². The van der Waals surface area contributed by atoms with E-state index in [1.807, 2.05) is 68.0 Å². The van der Waals surface area contributed by atoms with Crippen molar-refractivity contribution in [3.8, 4) is 21.9 Å². The third-order valence-electron chi connectivity index (χ3n) is 5.44. The summed E-state index contributed by atoms with van der Waals surface area (Å²) in [5.74, 6) is 1.49. The van der Waals surface area contributed by atoms with E-state index in [0.717, 1.165) is 45.6 Å². The molecule has 0 aliphatic carbocycles. The molecule has 0 aliphatic rings. The van der Waals surface area contributed by atoms with E-state index in [0.29, 0.717) is 24.5 Å². The average molecular weight is 476 g/mol. The van der Waals surface area contributed by atoms with Crippen molar-refractivity contribution in [3.05, 3.63) is 77.3 Å². The first-order valence-electron chi connectivity index (χ1n) is 11.2. The second kappa shape index (κ2) is 11.1. The van der Waals surface area contributed by atoms with Gasteiger partial charge in [0.25, 0.3) is 5.91 Å². The van der Waals surface area contributed by atoms with Gasteiger partial charge < -0.3 is 19.7 Å². The molecule has 0 aliphatic heterocycles. The van der Waals surface area contributed by atoms with E-state index >= 15 is 0 Å². The number of hydrogen-bond acceptors (Lipinski definition) is 6. The summed E-state index contributed by atoms with van der Waals surface area (Å²) in [7, 11) is 5.71. The zero-order chi connectivity index (χ0) is 23.9. The third-order valence-corrected chi connectivity index (χ3v) is 6.42. The van der Waals surface area contributed by atoms with Gasteiger partial charge in [-0.15, -0.1) is 11.3 Å². The third kappa shape index (κ3) is 5.92. The molecule has 0 saturated heterocycles. The Kier molecular flexibility index (Phi) is 7.77. The van der Waals surface area contributed by atoms with E-state index in [2.05, 4.69) is 21.3 Å². The van der Waals surface area contributed by atoms with Crippen LogP contribution < -0.4 is 14.8 Å². The molecule has 1 amide bonds. The minimum atomic E-state index is -0.0420. The van der Waals surface area contributed by atoms with Crippen LogP contribution in [-0.4, -0.2) is 50.1 Å². The minimum absolute atomic E-state index is 0.0420. The van der Waals surface area contributed by atoms with Gasteiger partial charge in [0.1, 0.15) is 23.6 Å². The zero-order valence-electron chi connectivity index (χ0n) is 19.7. The molecule has 2 heterocycles. The van der Waals surface area contributed by atoms with Gasteiger partial charge in [-0.2, -0.15) is 0 Å². The molecule has 4 rings (SSSR count). The van der Waals surface area contributed by atoms with E-state index < -0.39 is 0 Å². The van der Waals surface area contributed by atoms with Crippen LogP contribution in [0.1, 0.15) is 22.3 Å². The van der Waals surface area contributed by atoms with Crippen molar-refractivity contribution in [1.29, 1.82) is 0 Å².